The second-order valence-electron chi connectivity index (χ2n) is 4.66. The van der Waals surface area contributed by atoms with Crippen LogP contribution in [0.4, 0.5) is 4.39 Å². The van der Waals surface area contributed by atoms with E-state index in [1.54, 1.807) is 12.1 Å². The predicted molar refractivity (Wildman–Crippen MR) is 77.6 cm³/mol. The second-order valence-corrected chi connectivity index (χ2v) is 5.57. The van der Waals surface area contributed by atoms with Crippen LogP contribution in [-0.2, 0) is 11.3 Å². The van der Waals surface area contributed by atoms with E-state index in [0.29, 0.717) is 31.8 Å². The molecule has 0 atom stereocenters. The number of nitrogens with zero attached hydrogens (tertiary/aromatic N) is 1. The lowest BCUT2D eigenvalue weighted by Gasteiger charge is -2.22. The summed E-state index contributed by atoms with van der Waals surface area (Å²) >= 11 is 3.34. The van der Waals surface area contributed by atoms with Crippen molar-refractivity contribution in [2.45, 2.75) is 26.5 Å². The van der Waals surface area contributed by atoms with E-state index in [0.717, 1.165) is 4.47 Å². The van der Waals surface area contributed by atoms with E-state index in [4.69, 9.17) is 9.84 Å². The van der Waals surface area contributed by atoms with E-state index in [1.807, 2.05) is 18.7 Å². The van der Waals surface area contributed by atoms with E-state index in [1.165, 1.54) is 6.07 Å². The molecule has 0 aliphatic carbocycles. The van der Waals surface area contributed by atoms with Crippen LogP contribution in [0.1, 0.15) is 19.4 Å². The zero-order valence-electron chi connectivity index (χ0n) is 11.4. The fourth-order valence-electron chi connectivity index (χ4n) is 1.73. The summed E-state index contributed by atoms with van der Waals surface area (Å²) in [5.41, 5.74) is 0.618. The first-order valence-electron chi connectivity index (χ1n) is 6.41. The van der Waals surface area contributed by atoms with Crippen LogP contribution < -0.4 is 0 Å². The van der Waals surface area contributed by atoms with Crippen LogP contribution in [-0.4, -0.2) is 42.4 Å². The Kier molecular flexibility index (Phi) is 7.53. The zero-order chi connectivity index (χ0) is 14.3. The third-order valence-corrected chi connectivity index (χ3v) is 3.17. The van der Waals surface area contributed by atoms with E-state index in [9.17, 15) is 4.39 Å². The van der Waals surface area contributed by atoms with Gasteiger partial charge in [-0.25, -0.2) is 4.39 Å². The lowest BCUT2D eigenvalue weighted by atomic mass is 10.2. The molecule has 0 spiro atoms. The Morgan fingerprint density at radius 3 is 2.74 bits per heavy atom. The van der Waals surface area contributed by atoms with Crippen LogP contribution in [0.15, 0.2) is 22.7 Å². The van der Waals surface area contributed by atoms with Crippen molar-refractivity contribution in [3.05, 3.63) is 34.1 Å². The van der Waals surface area contributed by atoms with E-state index < -0.39 is 0 Å². The number of hydrogen-bond donors (Lipinski definition) is 1. The van der Waals surface area contributed by atoms with Gasteiger partial charge >= 0.3 is 0 Å². The van der Waals surface area contributed by atoms with Gasteiger partial charge in [0.15, 0.2) is 0 Å². The standard InChI is InChI=1S/C14H21BrFNO2/c1-11(2)19-8-6-17(5-7-18)10-12-9-13(15)3-4-14(12)16/h3-4,9,11,18H,5-8,10H2,1-2H3. The molecular formula is C14H21BrFNO2. The first-order valence-corrected chi connectivity index (χ1v) is 7.21. The molecule has 0 aliphatic heterocycles. The predicted octanol–water partition coefficient (Wildman–Crippen LogP) is 2.81. The summed E-state index contributed by atoms with van der Waals surface area (Å²) in [6.45, 7) is 6.23. The highest BCUT2D eigenvalue weighted by Crippen LogP contribution is 2.17. The number of ether oxygens (including phenoxy) is 1. The molecule has 0 heterocycles. The first-order chi connectivity index (χ1) is 9.02. The lowest BCUT2D eigenvalue weighted by Crippen LogP contribution is -2.31. The summed E-state index contributed by atoms with van der Waals surface area (Å²) in [6.07, 6.45) is 0.179. The number of aliphatic hydroxyl groups excluding tert-OH is 1. The number of aliphatic hydroxyl groups is 1. The van der Waals surface area contributed by atoms with Crippen LogP contribution in [0.3, 0.4) is 0 Å². The van der Waals surface area contributed by atoms with Crippen molar-refractivity contribution in [1.29, 1.82) is 0 Å². The van der Waals surface area contributed by atoms with Gasteiger partial charge < -0.3 is 9.84 Å². The summed E-state index contributed by atoms with van der Waals surface area (Å²) in [5, 5.41) is 9.06. The van der Waals surface area contributed by atoms with Crippen LogP contribution in [0.25, 0.3) is 0 Å². The van der Waals surface area contributed by atoms with E-state index in [-0.39, 0.29) is 18.5 Å². The van der Waals surface area contributed by atoms with Crippen molar-refractivity contribution in [1.82, 2.24) is 4.90 Å². The van der Waals surface area contributed by atoms with Gasteiger partial charge in [-0.15, -0.1) is 0 Å². The van der Waals surface area contributed by atoms with Crippen molar-refractivity contribution < 1.29 is 14.2 Å². The van der Waals surface area contributed by atoms with Gasteiger partial charge in [0.25, 0.3) is 0 Å². The average molecular weight is 334 g/mol. The maximum absolute atomic E-state index is 13.7. The highest BCUT2D eigenvalue weighted by Gasteiger charge is 2.10. The fraction of sp³-hybridized carbons (Fsp3) is 0.571. The fourth-order valence-corrected chi connectivity index (χ4v) is 2.14. The maximum Gasteiger partial charge on any atom is 0.127 e. The zero-order valence-corrected chi connectivity index (χ0v) is 13.0. The normalized spacial score (nSPS) is 11.5. The van der Waals surface area contributed by atoms with Gasteiger partial charge in [-0.2, -0.15) is 0 Å². The maximum atomic E-state index is 13.7. The minimum Gasteiger partial charge on any atom is -0.395 e. The molecule has 0 amide bonds. The number of rotatable bonds is 8. The molecule has 0 aromatic heterocycles. The Morgan fingerprint density at radius 1 is 1.37 bits per heavy atom. The van der Waals surface area contributed by atoms with E-state index >= 15 is 0 Å². The summed E-state index contributed by atoms with van der Waals surface area (Å²) in [7, 11) is 0. The highest BCUT2D eigenvalue weighted by molar-refractivity contribution is 9.10. The topological polar surface area (TPSA) is 32.7 Å². The van der Waals surface area contributed by atoms with E-state index in [2.05, 4.69) is 15.9 Å². The SMILES string of the molecule is CC(C)OCCN(CCO)Cc1cc(Br)ccc1F. The molecule has 1 rings (SSSR count). The molecule has 1 N–H and O–H groups in total. The molecule has 0 aliphatic rings. The Bertz CT molecular complexity index is 388. The molecule has 108 valence electrons. The van der Waals surface area contributed by atoms with Crippen molar-refractivity contribution in [2.75, 3.05) is 26.3 Å². The van der Waals surface area contributed by atoms with Crippen molar-refractivity contribution in [2.24, 2.45) is 0 Å². The second kappa shape index (κ2) is 8.64. The number of hydrogen-bond acceptors (Lipinski definition) is 3. The van der Waals surface area contributed by atoms with Crippen LogP contribution in [0.5, 0.6) is 0 Å². The van der Waals surface area contributed by atoms with Crippen molar-refractivity contribution in [3.63, 3.8) is 0 Å². The molecule has 0 saturated heterocycles. The molecule has 19 heavy (non-hydrogen) atoms. The molecule has 5 heteroatoms. The van der Waals surface area contributed by atoms with Gasteiger partial charge in [0.05, 0.1) is 19.3 Å². The first kappa shape index (κ1) is 16.6. The molecule has 0 unspecified atom stereocenters. The largest absolute Gasteiger partial charge is 0.395 e. The Balaban J connectivity index is 2.58. The summed E-state index contributed by atoms with van der Waals surface area (Å²) < 4.78 is 20.0. The Hall–Kier alpha value is -0.490. The monoisotopic (exact) mass is 333 g/mol. The minimum absolute atomic E-state index is 0.0529. The molecule has 0 saturated carbocycles. The average Bonchev–Trinajstić information content (AvgIpc) is 2.33. The van der Waals surface area contributed by atoms with Gasteiger partial charge in [0.2, 0.25) is 0 Å². The van der Waals surface area contributed by atoms with Gasteiger partial charge in [0.1, 0.15) is 5.82 Å². The number of halogens is 2. The highest BCUT2D eigenvalue weighted by atomic mass is 79.9. The quantitative estimate of drug-likeness (QED) is 0.794. The molecule has 0 radical (unpaired) electrons. The van der Waals surface area contributed by atoms with Gasteiger partial charge in [-0.3, -0.25) is 4.90 Å². The molecular weight excluding hydrogens is 313 g/mol. The molecule has 0 fully saturated rings. The van der Waals surface area contributed by atoms with Crippen LogP contribution in [0, 0.1) is 5.82 Å². The Labute approximate surface area is 122 Å². The molecule has 0 bridgehead atoms. The third kappa shape index (κ3) is 6.47. The Morgan fingerprint density at radius 2 is 2.11 bits per heavy atom. The molecule has 1 aromatic carbocycles. The van der Waals surface area contributed by atoms with Crippen molar-refractivity contribution in [3.8, 4) is 0 Å². The van der Waals surface area contributed by atoms with Gasteiger partial charge in [-0.1, -0.05) is 15.9 Å². The smallest absolute Gasteiger partial charge is 0.127 e. The summed E-state index contributed by atoms with van der Waals surface area (Å²) in [5.74, 6) is -0.226. The third-order valence-electron chi connectivity index (χ3n) is 2.68. The van der Waals surface area contributed by atoms with Crippen LogP contribution >= 0.6 is 15.9 Å². The molecule has 3 nitrogen and oxygen atoms in total. The van der Waals surface area contributed by atoms with Crippen molar-refractivity contribution >= 4 is 15.9 Å². The lowest BCUT2D eigenvalue weighted by molar-refractivity contribution is 0.0532. The van der Waals surface area contributed by atoms with Gasteiger partial charge in [0, 0.05) is 29.7 Å². The summed E-state index contributed by atoms with van der Waals surface area (Å²) in [4.78, 5) is 1.98. The van der Waals surface area contributed by atoms with Gasteiger partial charge in [-0.05, 0) is 32.0 Å². The number of benzene rings is 1. The summed E-state index contributed by atoms with van der Waals surface area (Å²) in [6, 6.07) is 4.89. The minimum atomic E-state index is -0.226. The van der Waals surface area contributed by atoms with Crippen LogP contribution in [0.2, 0.25) is 0 Å². The molecule has 1 aromatic rings.